The van der Waals surface area contributed by atoms with E-state index >= 15 is 0 Å². The van der Waals surface area contributed by atoms with E-state index in [1.165, 1.54) is 22.3 Å². The van der Waals surface area contributed by atoms with E-state index < -0.39 is 15.1 Å². The van der Waals surface area contributed by atoms with E-state index in [4.69, 9.17) is 5.73 Å². The van der Waals surface area contributed by atoms with E-state index in [1.54, 1.807) is 25.2 Å². The number of thiophene rings is 1. The fourth-order valence-corrected chi connectivity index (χ4v) is 6.59. The first-order valence-electron chi connectivity index (χ1n) is 9.19. The second-order valence-corrected chi connectivity index (χ2v) is 10.4. The minimum Gasteiger partial charge on any atom is -0.390 e. The Hall–Kier alpha value is -2.71. The molecule has 2 N–H and O–H groups in total. The molecule has 2 heterocycles. The van der Waals surface area contributed by atoms with E-state index in [0.717, 1.165) is 10.1 Å². The molecule has 0 fully saturated rings. The highest BCUT2D eigenvalue weighted by Crippen LogP contribution is 2.35. The van der Waals surface area contributed by atoms with Gasteiger partial charge in [0.1, 0.15) is 0 Å². The van der Waals surface area contributed by atoms with Gasteiger partial charge in [-0.2, -0.15) is 0 Å². The highest BCUT2D eigenvalue weighted by atomic mass is 32.2. The third kappa shape index (κ3) is 3.32. The summed E-state index contributed by atoms with van der Waals surface area (Å²) in [6.07, 6.45) is 0.123. The van der Waals surface area contributed by atoms with E-state index in [9.17, 15) is 18.0 Å². The molecule has 1 aliphatic heterocycles. The quantitative estimate of drug-likeness (QED) is 0.687. The number of sulfone groups is 1. The number of amides is 1. The topological polar surface area (TPSA) is 97.5 Å². The molecule has 3 aromatic rings. The van der Waals surface area contributed by atoms with Gasteiger partial charge in [0.2, 0.25) is 0 Å². The molecule has 1 unspecified atom stereocenters. The van der Waals surface area contributed by atoms with Crippen molar-refractivity contribution in [2.24, 2.45) is 0 Å². The number of nitrogens with two attached hydrogens (primary N) is 1. The number of carbonyl (C=O) groups is 2. The monoisotopic (exact) mass is 428 g/mol. The van der Waals surface area contributed by atoms with Gasteiger partial charge in [-0.05, 0) is 18.6 Å². The van der Waals surface area contributed by atoms with E-state index in [1.807, 2.05) is 24.3 Å². The number of ketones is 1. The van der Waals surface area contributed by atoms with Crippen LogP contribution >= 0.6 is 11.3 Å². The predicted molar refractivity (Wildman–Crippen MR) is 114 cm³/mol. The second-order valence-electron chi connectivity index (χ2n) is 7.14. The standard InChI is InChI=1S/C21H20N2O4S2/c1-23(21(25)19-15-7-2-4-8-17(15)28-20(19)22)11-10-13-12-16(24)14-6-3-5-9-18(14)29(13,26)27/h2-9,13H,10-12,22H2,1H3. The number of fused-ring (bicyclic) bond motifs is 2. The average Bonchev–Trinajstić information content (AvgIpc) is 3.04. The Balaban J connectivity index is 1.54. The third-order valence-corrected chi connectivity index (χ3v) is 8.56. The van der Waals surface area contributed by atoms with Crippen LogP contribution in [0.15, 0.2) is 53.4 Å². The summed E-state index contributed by atoms with van der Waals surface area (Å²) in [5.74, 6) is -0.428. The maximum absolute atomic E-state index is 13.0. The van der Waals surface area contributed by atoms with Crippen molar-refractivity contribution in [2.75, 3.05) is 19.3 Å². The van der Waals surface area contributed by atoms with Crippen LogP contribution in [0.2, 0.25) is 0 Å². The first-order valence-corrected chi connectivity index (χ1v) is 11.6. The zero-order chi connectivity index (χ0) is 20.8. The molecule has 0 bridgehead atoms. The van der Waals surface area contributed by atoms with Crippen molar-refractivity contribution in [3.05, 3.63) is 59.7 Å². The van der Waals surface area contributed by atoms with Crippen LogP contribution in [0.4, 0.5) is 5.00 Å². The van der Waals surface area contributed by atoms with Crippen molar-refractivity contribution in [1.82, 2.24) is 4.90 Å². The third-order valence-electron chi connectivity index (χ3n) is 5.32. The number of anilines is 1. The fraction of sp³-hybridized carbons (Fsp3) is 0.238. The number of nitrogens with zero attached hydrogens (tertiary/aromatic N) is 1. The summed E-state index contributed by atoms with van der Waals surface area (Å²) < 4.78 is 26.8. The highest BCUT2D eigenvalue weighted by molar-refractivity contribution is 7.92. The van der Waals surface area contributed by atoms with Crippen molar-refractivity contribution < 1.29 is 18.0 Å². The highest BCUT2D eigenvalue weighted by Gasteiger charge is 2.38. The lowest BCUT2D eigenvalue weighted by Gasteiger charge is -2.26. The van der Waals surface area contributed by atoms with E-state index in [0.29, 0.717) is 10.6 Å². The molecule has 1 aromatic heterocycles. The number of nitrogen functional groups attached to an aromatic ring is 1. The summed E-state index contributed by atoms with van der Waals surface area (Å²) >= 11 is 1.35. The smallest absolute Gasteiger partial charge is 0.257 e. The molecule has 0 spiro atoms. The number of rotatable bonds is 4. The fourth-order valence-electron chi connectivity index (χ4n) is 3.72. The summed E-state index contributed by atoms with van der Waals surface area (Å²) in [5.41, 5.74) is 6.78. The van der Waals surface area contributed by atoms with E-state index in [2.05, 4.69) is 0 Å². The SMILES string of the molecule is CN(CCC1CC(=O)c2ccccc2S1(=O)=O)C(=O)c1c(N)sc2ccccc12. The van der Waals surface area contributed by atoms with Crippen molar-refractivity contribution in [3.8, 4) is 0 Å². The van der Waals surface area contributed by atoms with Gasteiger partial charge in [0.05, 0.1) is 20.7 Å². The summed E-state index contributed by atoms with van der Waals surface area (Å²) in [6.45, 7) is 0.210. The van der Waals surface area contributed by atoms with Gasteiger partial charge >= 0.3 is 0 Å². The van der Waals surface area contributed by atoms with Gasteiger partial charge in [0.25, 0.3) is 5.91 Å². The first-order chi connectivity index (χ1) is 13.8. The van der Waals surface area contributed by atoms with Gasteiger partial charge in [-0.25, -0.2) is 8.42 Å². The summed E-state index contributed by atoms with van der Waals surface area (Å²) in [7, 11) is -1.99. The molecule has 6 nitrogen and oxygen atoms in total. The normalized spacial score (nSPS) is 17.8. The lowest BCUT2D eigenvalue weighted by Crippen LogP contribution is -2.36. The molecule has 8 heteroatoms. The molecule has 1 aliphatic rings. The lowest BCUT2D eigenvalue weighted by atomic mass is 10.0. The number of Topliss-reactive ketones (excluding diaryl/α,β-unsaturated/α-hetero) is 1. The minimum atomic E-state index is -3.62. The number of hydrogen-bond donors (Lipinski definition) is 1. The molecule has 150 valence electrons. The van der Waals surface area contributed by atoms with E-state index in [-0.39, 0.29) is 41.5 Å². The molecule has 0 saturated heterocycles. The zero-order valence-electron chi connectivity index (χ0n) is 15.8. The van der Waals surface area contributed by atoms with Crippen LogP contribution < -0.4 is 5.73 Å². The van der Waals surface area contributed by atoms with Gasteiger partial charge in [-0.1, -0.05) is 36.4 Å². The Morgan fingerprint density at radius 2 is 1.86 bits per heavy atom. The van der Waals surface area contributed by atoms with Crippen LogP contribution in [0.5, 0.6) is 0 Å². The Bertz CT molecular complexity index is 1230. The maximum Gasteiger partial charge on any atom is 0.257 e. The van der Waals surface area contributed by atoms with Crippen molar-refractivity contribution >= 4 is 48.0 Å². The van der Waals surface area contributed by atoms with Crippen molar-refractivity contribution in [2.45, 2.75) is 23.0 Å². The Morgan fingerprint density at radius 1 is 1.17 bits per heavy atom. The van der Waals surface area contributed by atoms with Crippen LogP contribution in [0.3, 0.4) is 0 Å². The molecule has 4 rings (SSSR count). The van der Waals surface area contributed by atoms with Gasteiger partial charge < -0.3 is 10.6 Å². The first kappa shape index (κ1) is 19.6. The molecule has 1 amide bonds. The molecular formula is C21H20N2O4S2. The van der Waals surface area contributed by atoms with Crippen LogP contribution in [0.25, 0.3) is 10.1 Å². The largest absolute Gasteiger partial charge is 0.390 e. The maximum atomic E-state index is 13.0. The lowest BCUT2D eigenvalue weighted by molar-refractivity contribution is 0.0796. The summed E-state index contributed by atoms with van der Waals surface area (Å²) in [5, 5.41) is 0.399. The summed E-state index contributed by atoms with van der Waals surface area (Å²) in [6, 6.07) is 13.8. The Morgan fingerprint density at radius 3 is 2.66 bits per heavy atom. The molecule has 0 radical (unpaired) electrons. The van der Waals surface area contributed by atoms with Gasteiger partial charge in [-0.3, -0.25) is 9.59 Å². The number of benzene rings is 2. The van der Waals surface area contributed by atoms with Gasteiger partial charge in [0, 0.05) is 35.7 Å². The van der Waals surface area contributed by atoms with Crippen LogP contribution in [-0.4, -0.2) is 43.9 Å². The van der Waals surface area contributed by atoms with Gasteiger partial charge in [-0.15, -0.1) is 11.3 Å². The molecule has 2 aromatic carbocycles. The minimum absolute atomic E-state index is 0.0646. The van der Waals surface area contributed by atoms with Crippen LogP contribution in [0.1, 0.15) is 33.6 Å². The number of hydrogen-bond acceptors (Lipinski definition) is 6. The zero-order valence-corrected chi connectivity index (χ0v) is 17.4. The molecular weight excluding hydrogens is 408 g/mol. The molecule has 0 saturated carbocycles. The number of carbonyl (C=O) groups excluding carboxylic acids is 2. The van der Waals surface area contributed by atoms with Crippen LogP contribution in [0, 0.1) is 0 Å². The molecule has 29 heavy (non-hydrogen) atoms. The van der Waals surface area contributed by atoms with Gasteiger partial charge in [0.15, 0.2) is 15.6 Å². The van der Waals surface area contributed by atoms with Crippen molar-refractivity contribution in [1.29, 1.82) is 0 Å². The van der Waals surface area contributed by atoms with Crippen molar-refractivity contribution in [3.63, 3.8) is 0 Å². The molecule has 1 atom stereocenters. The average molecular weight is 429 g/mol. The summed E-state index contributed by atoms with van der Waals surface area (Å²) in [4.78, 5) is 26.9. The second kappa shape index (κ2) is 7.27. The molecule has 0 aliphatic carbocycles. The van der Waals surface area contributed by atoms with Crippen LogP contribution in [-0.2, 0) is 9.84 Å². The predicted octanol–water partition coefficient (Wildman–Crippen LogP) is 3.37. The Labute approximate surface area is 172 Å². The Kier molecular flexibility index (Phi) is 4.92.